The maximum atomic E-state index is 13.2. The number of fused-ring (bicyclic) bond motifs is 1. The molecule has 6 heteroatoms. The van der Waals surface area contributed by atoms with Crippen molar-refractivity contribution in [3.05, 3.63) is 35.6 Å². The highest BCUT2D eigenvalue weighted by molar-refractivity contribution is 5.98. The predicted octanol–water partition coefficient (Wildman–Crippen LogP) is 2.50. The fraction of sp³-hybridized carbons (Fsp3) is 0.474. The van der Waals surface area contributed by atoms with Gasteiger partial charge in [-0.1, -0.05) is 0 Å². The summed E-state index contributed by atoms with van der Waals surface area (Å²) < 4.78 is 11.0. The van der Waals surface area contributed by atoms with Gasteiger partial charge in [0.25, 0.3) is 5.91 Å². The molecule has 2 amide bonds. The zero-order valence-corrected chi connectivity index (χ0v) is 14.9. The third-order valence-electron chi connectivity index (χ3n) is 4.91. The second-order valence-corrected chi connectivity index (χ2v) is 6.68. The minimum absolute atomic E-state index is 0.0702. The van der Waals surface area contributed by atoms with E-state index in [9.17, 15) is 9.59 Å². The molecule has 2 heterocycles. The number of furan rings is 1. The molecule has 3 rings (SSSR count). The van der Waals surface area contributed by atoms with Crippen molar-refractivity contribution < 1.29 is 18.7 Å². The van der Waals surface area contributed by atoms with Crippen LogP contribution in [0.3, 0.4) is 0 Å². The Morgan fingerprint density at radius 2 is 2.16 bits per heavy atom. The highest BCUT2D eigenvalue weighted by Crippen LogP contribution is 2.35. The number of carbonyl (C=O) groups excluding carboxylic acids is 2. The van der Waals surface area contributed by atoms with Crippen molar-refractivity contribution >= 4 is 22.8 Å². The smallest absolute Gasteiger partial charge is 0.254 e. The third-order valence-corrected chi connectivity index (χ3v) is 4.91. The molecular formula is C19H24N2O4. The lowest BCUT2D eigenvalue weighted by Gasteiger charge is -2.37. The van der Waals surface area contributed by atoms with Crippen molar-refractivity contribution in [2.75, 3.05) is 27.3 Å². The van der Waals surface area contributed by atoms with E-state index in [-0.39, 0.29) is 18.2 Å². The largest absolute Gasteiger partial charge is 0.461 e. The highest BCUT2D eigenvalue weighted by atomic mass is 16.5. The van der Waals surface area contributed by atoms with Crippen LogP contribution in [0.2, 0.25) is 0 Å². The Kier molecular flexibility index (Phi) is 4.81. The van der Waals surface area contributed by atoms with Crippen LogP contribution in [0.5, 0.6) is 0 Å². The van der Waals surface area contributed by atoms with Crippen LogP contribution in [-0.2, 0) is 9.53 Å². The van der Waals surface area contributed by atoms with Crippen molar-refractivity contribution in [2.24, 2.45) is 0 Å². The van der Waals surface area contributed by atoms with Gasteiger partial charge >= 0.3 is 0 Å². The maximum absolute atomic E-state index is 13.2. The van der Waals surface area contributed by atoms with Crippen LogP contribution < -0.4 is 5.32 Å². The Morgan fingerprint density at radius 1 is 1.36 bits per heavy atom. The Morgan fingerprint density at radius 3 is 2.88 bits per heavy atom. The average molecular weight is 344 g/mol. The molecule has 0 bridgehead atoms. The molecule has 1 saturated heterocycles. The van der Waals surface area contributed by atoms with Gasteiger partial charge in [0.15, 0.2) is 0 Å². The van der Waals surface area contributed by atoms with Gasteiger partial charge in [0, 0.05) is 31.7 Å². The summed E-state index contributed by atoms with van der Waals surface area (Å²) in [6.07, 6.45) is 1.86. The number of likely N-dealkylation sites (tertiary alicyclic amines) is 1. The van der Waals surface area contributed by atoms with Gasteiger partial charge in [-0.25, -0.2) is 0 Å². The number of carbonyl (C=O) groups is 2. The Hall–Kier alpha value is -2.34. The molecule has 1 fully saturated rings. The zero-order valence-electron chi connectivity index (χ0n) is 14.9. The normalized spacial score (nSPS) is 20.2. The topological polar surface area (TPSA) is 71.8 Å². The van der Waals surface area contributed by atoms with Crippen LogP contribution in [0, 0.1) is 6.92 Å². The van der Waals surface area contributed by atoms with Crippen LogP contribution >= 0.6 is 0 Å². The summed E-state index contributed by atoms with van der Waals surface area (Å²) in [7, 11) is 3.21. The van der Waals surface area contributed by atoms with Crippen molar-refractivity contribution in [3.63, 3.8) is 0 Å². The number of hydrogen-bond donors (Lipinski definition) is 1. The van der Waals surface area contributed by atoms with E-state index in [0.29, 0.717) is 18.7 Å². The molecule has 0 spiro atoms. The Bertz CT molecular complexity index is 798. The maximum Gasteiger partial charge on any atom is 0.254 e. The van der Waals surface area contributed by atoms with Gasteiger partial charge in [-0.15, -0.1) is 0 Å². The molecule has 1 aliphatic heterocycles. The van der Waals surface area contributed by atoms with Gasteiger partial charge in [-0.2, -0.15) is 0 Å². The quantitative estimate of drug-likeness (QED) is 0.905. The van der Waals surface area contributed by atoms with Gasteiger partial charge in [-0.05, 0) is 44.0 Å². The summed E-state index contributed by atoms with van der Waals surface area (Å²) in [6.45, 7) is 2.86. The van der Waals surface area contributed by atoms with Crippen molar-refractivity contribution in [2.45, 2.75) is 31.7 Å². The number of nitrogens with zero attached hydrogens (tertiary/aromatic N) is 1. The second-order valence-electron chi connectivity index (χ2n) is 6.68. The van der Waals surface area contributed by atoms with E-state index < -0.39 is 5.54 Å². The number of ether oxygens (including phenoxy) is 1. The molecular weight excluding hydrogens is 320 g/mol. The first kappa shape index (κ1) is 17.5. The number of rotatable bonds is 5. The number of nitrogens with one attached hydrogen (secondary N) is 1. The number of aryl methyl sites for hydroxylation is 1. The molecule has 1 atom stereocenters. The van der Waals surface area contributed by atoms with E-state index >= 15 is 0 Å². The van der Waals surface area contributed by atoms with Gasteiger partial charge in [-0.3, -0.25) is 9.59 Å². The van der Waals surface area contributed by atoms with Crippen LogP contribution in [0.4, 0.5) is 0 Å². The first-order chi connectivity index (χ1) is 12.0. The molecule has 1 aromatic carbocycles. The van der Waals surface area contributed by atoms with E-state index in [4.69, 9.17) is 9.15 Å². The lowest BCUT2D eigenvalue weighted by molar-refractivity contribution is -0.123. The summed E-state index contributed by atoms with van der Waals surface area (Å²) in [5, 5.41) is 3.56. The van der Waals surface area contributed by atoms with E-state index in [1.165, 1.54) is 0 Å². The summed E-state index contributed by atoms with van der Waals surface area (Å²) in [5.74, 6) is 0.658. The minimum atomic E-state index is -0.590. The SMILES string of the molecule is CNC(=O)C[C@@]1(COC)CCCN1C(=O)c1ccc2oc(C)cc2c1. The summed E-state index contributed by atoms with van der Waals surface area (Å²) in [6, 6.07) is 7.37. The Labute approximate surface area is 147 Å². The molecule has 25 heavy (non-hydrogen) atoms. The van der Waals surface area contributed by atoms with Crippen molar-refractivity contribution in [3.8, 4) is 0 Å². The highest BCUT2D eigenvalue weighted by Gasteiger charge is 2.45. The summed E-state index contributed by atoms with van der Waals surface area (Å²) in [4.78, 5) is 27.0. The van der Waals surface area contributed by atoms with Crippen LogP contribution in [0.1, 0.15) is 35.4 Å². The number of methoxy groups -OCH3 is 1. The lowest BCUT2D eigenvalue weighted by atomic mass is 9.91. The molecule has 6 nitrogen and oxygen atoms in total. The molecule has 1 aliphatic rings. The first-order valence-corrected chi connectivity index (χ1v) is 8.51. The molecule has 134 valence electrons. The molecule has 1 N–H and O–H groups in total. The summed E-state index contributed by atoms with van der Waals surface area (Å²) >= 11 is 0. The molecule has 0 radical (unpaired) electrons. The Balaban J connectivity index is 1.92. The van der Waals surface area contributed by atoms with E-state index in [0.717, 1.165) is 29.6 Å². The second kappa shape index (κ2) is 6.88. The summed E-state index contributed by atoms with van der Waals surface area (Å²) in [5.41, 5.74) is 0.782. The number of benzene rings is 1. The van der Waals surface area contributed by atoms with E-state index in [2.05, 4.69) is 5.32 Å². The monoisotopic (exact) mass is 344 g/mol. The number of amides is 2. The van der Waals surface area contributed by atoms with Crippen LogP contribution in [-0.4, -0.2) is 49.6 Å². The molecule has 0 saturated carbocycles. The van der Waals surface area contributed by atoms with Crippen molar-refractivity contribution in [1.82, 2.24) is 10.2 Å². The third kappa shape index (κ3) is 3.26. The van der Waals surface area contributed by atoms with Crippen molar-refractivity contribution in [1.29, 1.82) is 0 Å². The fourth-order valence-electron chi connectivity index (χ4n) is 3.76. The molecule has 2 aromatic rings. The molecule has 0 unspecified atom stereocenters. The zero-order chi connectivity index (χ0) is 18.0. The van der Waals surface area contributed by atoms with Gasteiger partial charge in [0.1, 0.15) is 11.3 Å². The molecule has 0 aliphatic carbocycles. The predicted molar refractivity (Wildman–Crippen MR) is 94.5 cm³/mol. The van der Waals surface area contributed by atoms with E-state index in [1.807, 2.05) is 25.1 Å². The molecule has 1 aromatic heterocycles. The van der Waals surface area contributed by atoms with E-state index in [1.54, 1.807) is 25.1 Å². The lowest BCUT2D eigenvalue weighted by Crippen LogP contribution is -2.52. The van der Waals surface area contributed by atoms with Crippen LogP contribution in [0.15, 0.2) is 28.7 Å². The van der Waals surface area contributed by atoms with Crippen LogP contribution in [0.25, 0.3) is 11.0 Å². The van der Waals surface area contributed by atoms with Gasteiger partial charge < -0.3 is 19.4 Å². The van der Waals surface area contributed by atoms with Gasteiger partial charge in [0.2, 0.25) is 5.91 Å². The number of hydrogen-bond acceptors (Lipinski definition) is 4. The van der Waals surface area contributed by atoms with Gasteiger partial charge in [0.05, 0.1) is 18.6 Å². The first-order valence-electron chi connectivity index (χ1n) is 8.51. The average Bonchev–Trinajstić information content (AvgIpc) is 3.16. The fourth-order valence-corrected chi connectivity index (χ4v) is 3.76. The standard InChI is InChI=1S/C19H24N2O4/c1-13-9-15-10-14(5-6-16(15)25-13)18(23)21-8-4-7-19(21,12-24-3)11-17(22)20-2/h5-6,9-10H,4,7-8,11-12H2,1-3H3,(H,20,22)/t19-/m1/s1. The minimum Gasteiger partial charge on any atom is -0.461 e.